The van der Waals surface area contributed by atoms with Crippen molar-refractivity contribution < 1.29 is 28.8 Å². The molecule has 9 nitrogen and oxygen atoms in total. The highest BCUT2D eigenvalue weighted by Gasteiger charge is 2.38. The van der Waals surface area contributed by atoms with Crippen LogP contribution in [0.3, 0.4) is 0 Å². The van der Waals surface area contributed by atoms with Gasteiger partial charge in [0.05, 0.1) is 35.7 Å². The number of nitrogens with one attached hydrogen (secondary N) is 1. The highest BCUT2D eigenvalue weighted by molar-refractivity contribution is 6.05. The molecule has 1 heterocycles. The van der Waals surface area contributed by atoms with E-state index in [1.165, 1.54) is 37.5 Å². The number of non-ortho nitro benzene ring substituents is 1. The second-order valence-electron chi connectivity index (χ2n) is 7.55. The van der Waals surface area contributed by atoms with E-state index in [2.05, 4.69) is 5.32 Å². The fourth-order valence-corrected chi connectivity index (χ4v) is 3.81. The smallest absolute Gasteiger partial charge is 0.337 e. The molecule has 180 valence electrons. The van der Waals surface area contributed by atoms with Crippen molar-refractivity contribution in [2.45, 2.75) is 19.8 Å². The molecule has 1 unspecified atom stereocenters. The van der Waals surface area contributed by atoms with Crippen LogP contribution in [0.5, 0.6) is 0 Å². The first-order valence-electron chi connectivity index (χ1n) is 10.8. The largest absolute Gasteiger partial charge is 0.466 e. The van der Waals surface area contributed by atoms with E-state index in [0.717, 1.165) is 0 Å². The van der Waals surface area contributed by atoms with E-state index in [0.29, 0.717) is 16.8 Å². The molecular weight excluding hydrogens is 452 g/mol. The Morgan fingerprint density at radius 1 is 1.06 bits per heavy atom. The first-order valence-corrected chi connectivity index (χ1v) is 10.8. The van der Waals surface area contributed by atoms with E-state index in [9.17, 15) is 24.5 Å². The van der Waals surface area contributed by atoms with Gasteiger partial charge in [-0.1, -0.05) is 42.5 Å². The SMILES string of the molecule is CCOC(=O)C1=C(C=CC(=O)c2ccccc2)NC(C)=C(C(=O)OC)C1c1cccc([N+](=O)[O-])c1. The summed E-state index contributed by atoms with van der Waals surface area (Å²) in [5.74, 6) is -2.78. The van der Waals surface area contributed by atoms with E-state index < -0.39 is 22.8 Å². The Hall–Kier alpha value is -4.53. The first kappa shape index (κ1) is 25.1. The number of rotatable bonds is 8. The van der Waals surface area contributed by atoms with Gasteiger partial charge in [-0.05, 0) is 31.6 Å². The monoisotopic (exact) mass is 476 g/mol. The third-order valence-corrected chi connectivity index (χ3v) is 5.37. The molecule has 0 spiro atoms. The Kier molecular flexibility index (Phi) is 7.93. The maximum atomic E-state index is 13.1. The molecule has 0 bridgehead atoms. The lowest BCUT2D eigenvalue weighted by Crippen LogP contribution is -2.32. The van der Waals surface area contributed by atoms with Crippen LogP contribution >= 0.6 is 0 Å². The standard InChI is InChI=1S/C26H24N2O7/c1-4-35-26(31)24-20(13-14-21(29)17-9-6-5-7-10-17)27-16(2)22(25(30)34-3)23(24)18-11-8-12-19(15-18)28(32)33/h5-15,23,27H,4H2,1-3H3. The molecule has 3 rings (SSSR count). The molecule has 2 aromatic carbocycles. The second kappa shape index (κ2) is 11.1. The summed E-state index contributed by atoms with van der Waals surface area (Å²) in [7, 11) is 1.20. The van der Waals surface area contributed by atoms with Crippen molar-refractivity contribution in [1.29, 1.82) is 0 Å². The van der Waals surface area contributed by atoms with Crippen molar-refractivity contribution in [3.63, 3.8) is 0 Å². The van der Waals surface area contributed by atoms with Crippen LogP contribution in [-0.4, -0.2) is 36.4 Å². The molecule has 9 heteroatoms. The molecule has 1 N–H and O–H groups in total. The fourth-order valence-electron chi connectivity index (χ4n) is 3.81. The third-order valence-electron chi connectivity index (χ3n) is 5.37. The average Bonchev–Trinajstić information content (AvgIpc) is 2.86. The number of hydrogen-bond donors (Lipinski definition) is 1. The molecule has 0 aliphatic carbocycles. The van der Waals surface area contributed by atoms with Crippen molar-refractivity contribution in [1.82, 2.24) is 5.32 Å². The maximum absolute atomic E-state index is 13.1. The number of benzene rings is 2. The van der Waals surface area contributed by atoms with Crippen molar-refractivity contribution >= 4 is 23.4 Å². The van der Waals surface area contributed by atoms with Gasteiger partial charge < -0.3 is 14.8 Å². The molecule has 1 atom stereocenters. The predicted octanol–water partition coefficient (Wildman–Crippen LogP) is 3.98. The number of ether oxygens (including phenoxy) is 2. The average molecular weight is 476 g/mol. The quantitative estimate of drug-likeness (QED) is 0.199. The normalized spacial score (nSPS) is 15.6. The summed E-state index contributed by atoms with van der Waals surface area (Å²) < 4.78 is 10.2. The Morgan fingerprint density at radius 2 is 1.77 bits per heavy atom. The molecule has 0 aromatic heterocycles. The van der Waals surface area contributed by atoms with Crippen LogP contribution in [0.15, 0.2) is 89.3 Å². The van der Waals surface area contributed by atoms with E-state index in [1.807, 2.05) is 0 Å². The van der Waals surface area contributed by atoms with Crippen molar-refractivity contribution in [3.05, 3.63) is 111 Å². The summed E-state index contributed by atoms with van der Waals surface area (Å²) in [5, 5.41) is 14.4. The zero-order valence-electron chi connectivity index (χ0n) is 19.4. The predicted molar refractivity (Wildman–Crippen MR) is 127 cm³/mol. The number of nitro groups is 1. The minimum absolute atomic E-state index is 0.0236. The van der Waals surface area contributed by atoms with Crippen LogP contribution in [0.1, 0.15) is 35.7 Å². The van der Waals surface area contributed by atoms with Gasteiger partial charge in [-0.15, -0.1) is 0 Å². The number of methoxy groups -OCH3 is 1. The van der Waals surface area contributed by atoms with Crippen LogP contribution in [0.4, 0.5) is 5.69 Å². The number of carbonyl (C=O) groups excluding carboxylic acids is 3. The molecule has 1 aliphatic rings. The molecule has 2 aromatic rings. The highest BCUT2D eigenvalue weighted by Crippen LogP contribution is 2.40. The van der Waals surface area contributed by atoms with E-state index in [1.54, 1.807) is 50.2 Å². The van der Waals surface area contributed by atoms with Gasteiger partial charge in [0, 0.05) is 29.1 Å². The molecule has 0 radical (unpaired) electrons. The lowest BCUT2D eigenvalue weighted by atomic mass is 9.80. The molecule has 1 aliphatic heterocycles. The van der Waals surface area contributed by atoms with Crippen molar-refractivity contribution in [3.8, 4) is 0 Å². The van der Waals surface area contributed by atoms with E-state index in [-0.39, 0.29) is 34.9 Å². The van der Waals surface area contributed by atoms with Gasteiger partial charge >= 0.3 is 11.9 Å². The molecular formula is C26H24N2O7. The van der Waals surface area contributed by atoms with Gasteiger partial charge in [0.2, 0.25) is 0 Å². The summed E-state index contributed by atoms with van der Waals surface area (Å²) in [4.78, 5) is 49.4. The van der Waals surface area contributed by atoms with Gasteiger partial charge in [0.1, 0.15) is 0 Å². The number of esters is 2. The molecule has 35 heavy (non-hydrogen) atoms. The molecule has 0 saturated carbocycles. The number of nitro benzene ring substituents is 1. The Balaban J connectivity index is 2.21. The summed E-state index contributed by atoms with van der Waals surface area (Å²) in [6, 6.07) is 14.2. The van der Waals surface area contributed by atoms with Crippen molar-refractivity contribution in [2.75, 3.05) is 13.7 Å². The number of allylic oxidation sites excluding steroid dienone is 3. The summed E-state index contributed by atoms with van der Waals surface area (Å²) in [6.07, 6.45) is 2.74. The third kappa shape index (κ3) is 5.52. The number of carbonyl (C=O) groups is 3. The lowest BCUT2D eigenvalue weighted by molar-refractivity contribution is -0.384. The number of hydrogen-bond acceptors (Lipinski definition) is 8. The number of dihydropyridines is 1. The molecule has 0 fully saturated rings. The van der Waals surface area contributed by atoms with Gasteiger partial charge in [-0.3, -0.25) is 14.9 Å². The summed E-state index contributed by atoms with van der Waals surface area (Å²) >= 11 is 0. The molecule has 0 amide bonds. The Labute approximate surface area is 201 Å². The Bertz CT molecular complexity index is 1260. The number of nitrogens with zero attached hydrogens (tertiary/aromatic N) is 1. The first-order chi connectivity index (χ1) is 16.8. The van der Waals surface area contributed by atoms with Crippen LogP contribution in [-0.2, 0) is 19.1 Å². The van der Waals surface area contributed by atoms with E-state index in [4.69, 9.17) is 9.47 Å². The molecule has 0 saturated heterocycles. The summed E-state index contributed by atoms with van der Waals surface area (Å²) in [5.41, 5.74) is 1.29. The minimum Gasteiger partial charge on any atom is -0.466 e. The minimum atomic E-state index is -1.03. The van der Waals surface area contributed by atoms with Crippen LogP contribution in [0, 0.1) is 10.1 Å². The number of ketones is 1. The summed E-state index contributed by atoms with van der Waals surface area (Å²) in [6.45, 7) is 3.30. The van der Waals surface area contributed by atoms with E-state index >= 15 is 0 Å². The lowest BCUT2D eigenvalue weighted by Gasteiger charge is -2.30. The van der Waals surface area contributed by atoms with Crippen molar-refractivity contribution in [2.24, 2.45) is 0 Å². The van der Waals surface area contributed by atoms with Gasteiger partial charge in [-0.2, -0.15) is 0 Å². The maximum Gasteiger partial charge on any atom is 0.337 e. The zero-order chi connectivity index (χ0) is 25.5. The van der Waals surface area contributed by atoms with Crippen LogP contribution < -0.4 is 5.32 Å². The second-order valence-corrected chi connectivity index (χ2v) is 7.55. The highest BCUT2D eigenvalue weighted by atomic mass is 16.6. The van der Waals surface area contributed by atoms with Gasteiger partial charge in [-0.25, -0.2) is 9.59 Å². The Morgan fingerprint density at radius 3 is 2.40 bits per heavy atom. The topological polar surface area (TPSA) is 125 Å². The van der Waals surface area contributed by atoms with Gasteiger partial charge in [0.25, 0.3) is 5.69 Å². The van der Waals surface area contributed by atoms with Crippen LogP contribution in [0.2, 0.25) is 0 Å². The zero-order valence-corrected chi connectivity index (χ0v) is 19.4. The van der Waals surface area contributed by atoms with Gasteiger partial charge in [0.15, 0.2) is 5.78 Å². The van der Waals surface area contributed by atoms with Crippen LogP contribution in [0.25, 0.3) is 0 Å². The fraction of sp³-hybridized carbons (Fsp3) is 0.192.